The molecule has 1 aromatic carbocycles. The first-order chi connectivity index (χ1) is 20.3. The van der Waals surface area contributed by atoms with Crippen molar-refractivity contribution in [3.05, 3.63) is 60.7 Å². The Bertz CT molecular complexity index is 911. The van der Waals surface area contributed by atoms with E-state index in [1.165, 1.54) is 5.56 Å². The smallest absolute Gasteiger partial charge is 0.303 e. The lowest BCUT2D eigenvalue weighted by molar-refractivity contribution is -0.305. The number of hydrogen-bond acceptors (Lipinski definition) is 7. The summed E-state index contributed by atoms with van der Waals surface area (Å²) < 4.78 is 12.2. The lowest BCUT2D eigenvalue weighted by Crippen LogP contribution is -2.30. The molecular formula is C34H51O8-. The number of carbonyl (C=O) groups excluding carboxylic acids is 1. The number of rotatable bonds is 18. The second-order valence-corrected chi connectivity index (χ2v) is 11.4. The van der Waals surface area contributed by atoms with E-state index in [0.717, 1.165) is 64.4 Å². The van der Waals surface area contributed by atoms with Crippen molar-refractivity contribution in [3.8, 4) is 0 Å². The fourth-order valence-electron chi connectivity index (χ4n) is 5.70. The molecule has 6 atom stereocenters. The minimum absolute atomic E-state index is 0.0198. The molecule has 3 rings (SSSR count). The van der Waals surface area contributed by atoms with Crippen LogP contribution in [0.25, 0.3) is 0 Å². The first-order valence-electron chi connectivity index (χ1n) is 15.6. The van der Waals surface area contributed by atoms with Crippen molar-refractivity contribution in [1.82, 2.24) is 0 Å². The number of carboxylic acids is 2. The van der Waals surface area contributed by atoms with Crippen molar-refractivity contribution in [2.45, 2.75) is 121 Å². The third kappa shape index (κ3) is 15.1. The molecule has 0 spiro atoms. The maximum Gasteiger partial charge on any atom is 0.303 e. The highest BCUT2D eigenvalue weighted by molar-refractivity contribution is 5.66. The van der Waals surface area contributed by atoms with E-state index >= 15 is 0 Å². The molecular weight excluding hydrogens is 536 g/mol. The van der Waals surface area contributed by atoms with Crippen LogP contribution in [0.5, 0.6) is 0 Å². The summed E-state index contributed by atoms with van der Waals surface area (Å²) in [5, 5.41) is 39.7. The van der Waals surface area contributed by atoms with E-state index in [9.17, 15) is 24.9 Å². The fourth-order valence-corrected chi connectivity index (χ4v) is 5.70. The topological polar surface area (TPSA) is 136 Å². The maximum atomic E-state index is 10.7. The molecule has 0 bridgehead atoms. The molecule has 1 aliphatic heterocycles. The molecule has 1 aliphatic carbocycles. The van der Waals surface area contributed by atoms with Crippen molar-refractivity contribution >= 4 is 11.9 Å². The number of hydrogen-bond donors (Lipinski definition) is 3. The SMILES string of the molecule is C=CCCCC(=O)[O-].O=C(O)CCC/C=C\C[C@@H]1[C@@H](CC[C@H](CCc2ccccc2)OC2CCCCO2)[C@H](O)C[C@@H]1O. The second kappa shape index (κ2) is 21.2. The summed E-state index contributed by atoms with van der Waals surface area (Å²) in [4.78, 5) is 20.4. The van der Waals surface area contributed by atoms with Crippen LogP contribution in [0.4, 0.5) is 0 Å². The summed E-state index contributed by atoms with van der Waals surface area (Å²) in [6, 6.07) is 10.4. The van der Waals surface area contributed by atoms with Crippen molar-refractivity contribution in [3.63, 3.8) is 0 Å². The Hall–Kier alpha value is -2.52. The average molecular weight is 588 g/mol. The molecule has 2 aliphatic rings. The van der Waals surface area contributed by atoms with Gasteiger partial charge in [0.2, 0.25) is 0 Å². The summed E-state index contributed by atoms with van der Waals surface area (Å²) in [7, 11) is 0. The van der Waals surface area contributed by atoms with E-state index in [-0.39, 0.29) is 37.1 Å². The van der Waals surface area contributed by atoms with Gasteiger partial charge in [-0.05, 0) is 107 Å². The van der Waals surface area contributed by atoms with Gasteiger partial charge in [-0.1, -0.05) is 48.6 Å². The van der Waals surface area contributed by atoms with Crippen LogP contribution in [-0.4, -0.2) is 58.5 Å². The molecule has 1 saturated heterocycles. The minimum atomic E-state index is -0.980. The predicted molar refractivity (Wildman–Crippen MR) is 160 cm³/mol. The molecule has 8 heteroatoms. The number of aliphatic hydroxyl groups is 2. The number of allylic oxidation sites excluding steroid dienone is 3. The van der Waals surface area contributed by atoms with E-state index in [0.29, 0.717) is 25.7 Å². The molecule has 2 fully saturated rings. The lowest BCUT2D eigenvalue weighted by atomic mass is 9.85. The Morgan fingerprint density at radius 2 is 1.76 bits per heavy atom. The number of aryl methyl sites for hydroxylation is 1. The van der Waals surface area contributed by atoms with Crippen molar-refractivity contribution < 1.29 is 39.5 Å². The summed E-state index contributed by atoms with van der Waals surface area (Å²) >= 11 is 0. The summed E-state index contributed by atoms with van der Waals surface area (Å²) in [6.07, 6.45) is 15.5. The summed E-state index contributed by atoms with van der Waals surface area (Å²) in [6.45, 7) is 4.20. The Morgan fingerprint density at radius 1 is 1.02 bits per heavy atom. The van der Waals surface area contributed by atoms with Crippen LogP contribution in [0.1, 0.15) is 95.5 Å². The number of carboxylic acid groups (broad SMARTS) is 2. The molecule has 0 amide bonds. The molecule has 1 saturated carbocycles. The maximum absolute atomic E-state index is 10.7. The first kappa shape index (κ1) is 35.7. The summed E-state index contributed by atoms with van der Waals surface area (Å²) in [5.74, 6) is -1.70. The van der Waals surface area contributed by atoms with Gasteiger partial charge >= 0.3 is 5.97 Å². The van der Waals surface area contributed by atoms with E-state index in [2.05, 4.69) is 30.8 Å². The first-order valence-corrected chi connectivity index (χ1v) is 15.6. The van der Waals surface area contributed by atoms with Gasteiger partial charge in [-0.15, -0.1) is 6.58 Å². The number of aliphatic carboxylic acids is 2. The Balaban J connectivity index is 0.000000675. The Kier molecular flexibility index (Phi) is 18.0. The molecule has 0 radical (unpaired) electrons. The predicted octanol–water partition coefficient (Wildman–Crippen LogP) is 4.96. The normalized spacial score (nSPS) is 24.6. The quantitative estimate of drug-likeness (QED) is 0.162. The third-order valence-electron chi connectivity index (χ3n) is 8.05. The standard InChI is InChI=1S/C28H42O6.C6H10O2/c29-25-20-26(30)24(23(25)12-6-1-2-7-13-27(31)32)18-17-22(34-28-14-8-9-19-33-28)16-15-21-10-4-3-5-11-21;1-2-3-4-5-6(7)8/h1,3-6,10-11,22-26,28-30H,2,7-9,12-20H2,(H,31,32);2H,1,3-5H2,(H,7,8)/p-1/b6-1-;/t22-,23+,24+,25-,26+,28?;/m0./s1. The molecule has 1 heterocycles. The summed E-state index contributed by atoms with van der Waals surface area (Å²) in [5.41, 5.74) is 1.29. The van der Waals surface area contributed by atoms with Gasteiger partial charge in [-0.3, -0.25) is 4.79 Å². The van der Waals surface area contributed by atoms with Crippen LogP contribution in [0.3, 0.4) is 0 Å². The van der Waals surface area contributed by atoms with Gasteiger partial charge in [0.15, 0.2) is 6.29 Å². The zero-order valence-corrected chi connectivity index (χ0v) is 25.0. The van der Waals surface area contributed by atoms with Gasteiger partial charge < -0.3 is 34.7 Å². The van der Waals surface area contributed by atoms with Gasteiger partial charge in [0.25, 0.3) is 0 Å². The Labute approximate surface area is 251 Å². The molecule has 1 aromatic rings. The van der Waals surface area contributed by atoms with E-state index in [1.54, 1.807) is 6.08 Å². The second-order valence-electron chi connectivity index (χ2n) is 11.4. The molecule has 1 unspecified atom stereocenters. The van der Waals surface area contributed by atoms with E-state index in [1.807, 2.05) is 18.2 Å². The van der Waals surface area contributed by atoms with Crippen molar-refractivity contribution in [2.75, 3.05) is 6.61 Å². The monoisotopic (exact) mass is 587 g/mol. The van der Waals surface area contributed by atoms with Crippen LogP contribution in [-0.2, 0) is 25.5 Å². The number of ether oxygens (including phenoxy) is 2. The lowest BCUT2D eigenvalue weighted by Gasteiger charge is -2.30. The van der Waals surface area contributed by atoms with Crippen LogP contribution in [0.15, 0.2) is 55.1 Å². The zero-order chi connectivity index (χ0) is 30.6. The molecule has 3 N–H and O–H groups in total. The van der Waals surface area contributed by atoms with Crippen molar-refractivity contribution in [1.29, 1.82) is 0 Å². The molecule has 8 nitrogen and oxygen atoms in total. The number of carbonyl (C=O) groups is 2. The molecule has 236 valence electrons. The molecule has 42 heavy (non-hydrogen) atoms. The van der Waals surface area contributed by atoms with Gasteiger partial charge in [0.1, 0.15) is 0 Å². The van der Waals surface area contributed by atoms with Gasteiger partial charge in [-0.25, -0.2) is 0 Å². The third-order valence-corrected chi connectivity index (χ3v) is 8.05. The fraction of sp³-hybridized carbons (Fsp3) is 0.647. The van der Waals surface area contributed by atoms with Crippen molar-refractivity contribution in [2.24, 2.45) is 11.8 Å². The van der Waals surface area contributed by atoms with Crippen LogP contribution in [0.2, 0.25) is 0 Å². The molecule has 0 aromatic heterocycles. The van der Waals surface area contributed by atoms with Gasteiger partial charge in [0, 0.05) is 19.0 Å². The van der Waals surface area contributed by atoms with Crippen LogP contribution in [0, 0.1) is 11.8 Å². The largest absolute Gasteiger partial charge is 0.550 e. The number of benzene rings is 1. The van der Waals surface area contributed by atoms with Gasteiger partial charge in [0.05, 0.1) is 18.3 Å². The van der Waals surface area contributed by atoms with Crippen LogP contribution < -0.4 is 5.11 Å². The highest BCUT2D eigenvalue weighted by Crippen LogP contribution is 2.39. The minimum Gasteiger partial charge on any atom is -0.550 e. The van der Waals surface area contributed by atoms with E-state index < -0.39 is 24.1 Å². The van der Waals surface area contributed by atoms with Gasteiger partial charge in [-0.2, -0.15) is 0 Å². The number of aliphatic hydroxyl groups excluding tert-OH is 2. The van der Waals surface area contributed by atoms with Crippen LogP contribution >= 0.6 is 0 Å². The Morgan fingerprint density at radius 3 is 2.43 bits per heavy atom. The number of unbranched alkanes of at least 4 members (excludes halogenated alkanes) is 2. The highest BCUT2D eigenvalue weighted by Gasteiger charge is 2.40. The average Bonchev–Trinajstić information content (AvgIpc) is 3.24. The van der Waals surface area contributed by atoms with E-state index in [4.69, 9.17) is 14.6 Å². The zero-order valence-electron chi connectivity index (χ0n) is 25.0. The highest BCUT2D eigenvalue weighted by atomic mass is 16.7.